The summed E-state index contributed by atoms with van der Waals surface area (Å²) in [5.41, 5.74) is 0.866. The number of benzene rings is 1. The van der Waals surface area contributed by atoms with Gasteiger partial charge in [0.15, 0.2) is 6.10 Å². The zero-order valence-corrected chi connectivity index (χ0v) is 8.94. The molecule has 1 aliphatic heterocycles. The summed E-state index contributed by atoms with van der Waals surface area (Å²) < 4.78 is 9.93. The van der Waals surface area contributed by atoms with Crippen molar-refractivity contribution >= 4 is 17.6 Å². The van der Waals surface area contributed by atoms with E-state index in [4.69, 9.17) is 4.74 Å². The highest BCUT2D eigenvalue weighted by molar-refractivity contribution is 5.99. The molecule has 1 heterocycles. The minimum atomic E-state index is -0.517. The Morgan fingerprint density at radius 2 is 2.25 bits per heavy atom. The maximum Gasteiger partial charge on any atom is 0.337 e. The number of methoxy groups -OCH3 is 1. The van der Waals surface area contributed by atoms with Crippen LogP contribution in [0.3, 0.4) is 0 Å². The minimum absolute atomic E-state index is 0.227. The van der Waals surface area contributed by atoms with Gasteiger partial charge in [0.25, 0.3) is 5.91 Å². The topological polar surface area (TPSA) is 64.6 Å². The summed E-state index contributed by atoms with van der Waals surface area (Å²) >= 11 is 0. The molecule has 0 fully saturated rings. The van der Waals surface area contributed by atoms with Crippen LogP contribution in [0.2, 0.25) is 0 Å². The average Bonchev–Trinajstić information content (AvgIpc) is 2.29. The van der Waals surface area contributed by atoms with E-state index in [2.05, 4.69) is 10.1 Å². The number of carbonyl (C=O) groups is 2. The predicted octanol–water partition coefficient (Wildman–Crippen LogP) is 1.19. The van der Waals surface area contributed by atoms with Crippen molar-refractivity contribution < 1.29 is 19.1 Å². The van der Waals surface area contributed by atoms with E-state index in [9.17, 15) is 9.59 Å². The van der Waals surface area contributed by atoms with E-state index in [1.165, 1.54) is 13.2 Å². The van der Waals surface area contributed by atoms with E-state index in [0.29, 0.717) is 17.0 Å². The lowest BCUT2D eigenvalue weighted by Gasteiger charge is -2.23. The first-order valence-corrected chi connectivity index (χ1v) is 4.81. The van der Waals surface area contributed by atoms with Crippen molar-refractivity contribution in [1.29, 1.82) is 0 Å². The lowest BCUT2D eigenvalue weighted by molar-refractivity contribution is -0.122. The number of nitrogens with one attached hydrogen (secondary N) is 1. The van der Waals surface area contributed by atoms with Gasteiger partial charge in [-0.3, -0.25) is 4.79 Å². The van der Waals surface area contributed by atoms with E-state index < -0.39 is 12.1 Å². The molecule has 0 radical (unpaired) electrons. The number of fused-ring (bicyclic) bond motifs is 1. The quantitative estimate of drug-likeness (QED) is 0.723. The maximum atomic E-state index is 11.4. The normalized spacial score (nSPS) is 18.1. The highest BCUT2D eigenvalue weighted by Crippen LogP contribution is 2.30. The Morgan fingerprint density at radius 1 is 1.50 bits per heavy atom. The number of anilines is 1. The third kappa shape index (κ3) is 1.71. The van der Waals surface area contributed by atoms with Gasteiger partial charge in [-0.25, -0.2) is 4.79 Å². The molecule has 1 aliphatic rings. The van der Waals surface area contributed by atoms with Crippen molar-refractivity contribution in [1.82, 2.24) is 0 Å². The van der Waals surface area contributed by atoms with Gasteiger partial charge in [0.05, 0.1) is 18.4 Å². The number of amides is 1. The third-order valence-electron chi connectivity index (χ3n) is 2.33. The highest BCUT2D eigenvalue weighted by atomic mass is 16.5. The Bertz CT molecular complexity index is 455. The van der Waals surface area contributed by atoms with E-state index in [1.807, 2.05) is 0 Å². The second-order valence-electron chi connectivity index (χ2n) is 3.45. The molecule has 0 bridgehead atoms. The van der Waals surface area contributed by atoms with Crippen molar-refractivity contribution in [3.05, 3.63) is 23.8 Å². The lowest BCUT2D eigenvalue weighted by atomic mass is 10.1. The molecule has 1 atom stereocenters. The zero-order valence-electron chi connectivity index (χ0n) is 8.94. The molecule has 1 unspecified atom stereocenters. The van der Waals surface area contributed by atoms with Crippen LogP contribution in [-0.4, -0.2) is 25.1 Å². The van der Waals surface area contributed by atoms with Crippen LogP contribution < -0.4 is 10.1 Å². The maximum absolute atomic E-state index is 11.4. The molecule has 0 saturated carbocycles. The van der Waals surface area contributed by atoms with Gasteiger partial charge in [0.1, 0.15) is 5.75 Å². The minimum Gasteiger partial charge on any atom is -0.479 e. The molecule has 84 valence electrons. The van der Waals surface area contributed by atoms with Gasteiger partial charge in [-0.1, -0.05) is 0 Å². The van der Waals surface area contributed by atoms with Crippen molar-refractivity contribution in [3.8, 4) is 5.75 Å². The SMILES string of the molecule is COC(=O)c1ccc2c(c1)NC(=O)C(C)O2. The molecule has 0 aliphatic carbocycles. The number of esters is 1. The van der Waals surface area contributed by atoms with Crippen LogP contribution in [0.1, 0.15) is 17.3 Å². The average molecular weight is 221 g/mol. The fourth-order valence-corrected chi connectivity index (χ4v) is 1.45. The summed E-state index contributed by atoms with van der Waals surface area (Å²) in [7, 11) is 1.30. The monoisotopic (exact) mass is 221 g/mol. The fraction of sp³-hybridized carbons (Fsp3) is 0.273. The standard InChI is InChI=1S/C11H11NO4/c1-6-10(13)12-8-5-7(11(14)15-2)3-4-9(8)16-6/h3-6H,1-2H3,(H,12,13). The van der Waals surface area contributed by atoms with Crippen LogP contribution in [0.5, 0.6) is 5.75 Å². The molecule has 1 aromatic rings. The highest BCUT2D eigenvalue weighted by Gasteiger charge is 2.24. The zero-order chi connectivity index (χ0) is 11.7. The molecule has 5 nitrogen and oxygen atoms in total. The number of hydrogen-bond donors (Lipinski definition) is 1. The van der Waals surface area contributed by atoms with Crippen LogP contribution in [0, 0.1) is 0 Å². The Kier molecular flexibility index (Phi) is 2.52. The Morgan fingerprint density at radius 3 is 2.94 bits per heavy atom. The van der Waals surface area contributed by atoms with E-state index in [0.717, 1.165) is 0 Å². The number of hydrogen-bond acceptors (Lipinski definition) is 4. The Balaban J connectivity index is 2.36. The Hall–Kier alpha value is -2.04. The largest absolute Gasteiger partial charge is 0.479 e. The molecular formula is C11H11NO4. The summed E-state index contributed by atoms with van der Waals surface area (Å²) in [5.74, 6) is -0.120. The van der Waals surface area contributed by atoms with E-state index in [1.54, 1.807) is 19.1 Å². The van der Waals surface area contributed by atoms with Gasteiger partial charge in [0, 0.05) is 0 Å². The van der Waals surface area contributed by atoms with E-state index in [-0.39, 0.29) is 5.91 Å². The smallest absolute Gasteiger partial charge is 0.337 e. The van der Waals surface area contributed by atoms with Crippen molar-refractivity contribution in [2.24, 2.45) is 0 Å². The van der Waals surface area contributed by atoms with Gasteiger partial charge in [0.2, 0.25) is 0 Å². The summed E-state index contributed by atoms with van der Waals surface area (Å²) in [5, 5.41) is 2.66. The molecule has 0 spiro atoms. The first-order chi connectivity index (χ1) is 7.61. The molecule has 1 N–H and O–H groups in total. The first kappa shape index (κ1) is 10.5. The summed E-state index contributed by atoms with van der Waals surface area (Å²) in [6, 6.07) is 4.76. The molecule has 16 heavy (non-hydrogen) atoms. The number of carbonyl (C=O) groups excluding carboxylic acids is 2. The predicted molar refractivity (Wildman–Crippen MR) is 56.5 cm³/mol. The molecule has 5 heteroatoms. The third-order valence-corrected chi connectivity index (χ3v) is 2.33. The van der Waals surface area contributed by atoms with Gasteiger partial charge in [-0.05, 0) is 25.1 Å². The van der Waals surface area contributed by atoms with Crippen LogP contribution in [-0.2, 0) is 9.53 Å². The molecule has 0 saturated heterocycles. The summed E-state index contributed by atoms with van der Waals surface area (Å²) in [6.45, 7) is 1.66. The van der Waals surface area contributed by atoms with Crippen LogP contribution in [0.4, 0.5) is 5.69 Å². The molecular weight excluding hydrogens is 210 g/mol. The summed E-state index contributed by atoms with van der Waals surface area (Å²) in [6.07, 6.45) is -0.517. The van der Waals surface area contributed by atoms with Gasteiger partial charge in [-0.2, -0.15) is 0 Å². The first-order valence-electron chi connectivity index (χ1n) is 4.81. The van der Waals surface area contributed by atoms with Gasteiger partial charge in [-0.15, -0.1) is 0 Å². The Labute approximate surface area is 92.4 Å². The summed E-state index contributed by atoms with van der Waals surface area (Å²) in [4.78, 5) is 22.6. The fourth-order valence-electron chi connectivity index (χ4n) is 1.45. The van der Waals surface area contributed by atoms with Gasteiger partial charge >= 0.3 is 5.97 Å². The van der Waals surface area contributed by atoms with Crippen molar-refractivity contribution in [2.75, 3.05) is 12.4 Å². The van der Waals surface area contributed by atoms with E-state index >= 15 is 0 Å². The number of ether oxygens (including phenoxy) is 2. The second-order valence-corrected chi connectivity index (χ2v) is 3.45. The molecule has 1 aromatic carbocycles. The van der Waals surface area contributed by atoms with Crippen LogP contribution >= 0.6 is 0 Å². The van der Waals surface area contributed by atoms with Gasteiger partial charge < -0.3 is 14.8 Å². The van der Waals surface area contributed by atoms with Crippen LogP contribution in [0.25, 0.3) is 0 Å². The second kappa shape index (κ2) is 3.84. The van der Waals surface area contributed by atoms with Crippen LogP contribution in [0.15, 0.2) is 18.2 Å². The lowest BCUT2D eigenvalue weighted by Crippen LogP contribution is -2.34. The van der Waals surface area contributed by atoms with Crippen molar-refractivity contribution in [2.45, 2.75) is 13.0 Å². The molecule has 2 rings (SSSR count). The molecule has 1 amide bonds. The number of rotatable bonds is 1. The van der Waals surface area contributed by atoms with Crippen molar-refractivity contribution in [3.63, 3.8) is 0 Å². The molecule has 0 aromatic heterocycles.